The lowest BCUT2D eigenvalue weighted by atomic mass is 10.1. The number of aliphatic imine (C=N–C) groups is 2. The van der Waals surface area contributed by atoms with Crippen molar-refractivity contribution in [1.82, 2.24) is 10.4 Å². The molecule has 0 saturated carbocycles. The van der Waals surface area contributed by atoms with Crippen molar-refractivity contribution in [3.63, 3.8) is 0 Å². The third-order valence-corrected chi connectivity index (χ3v) is 3.35. The second-order valence-electron chi connectivity index (χ2n) is 4.77. The van der Waals surface area contributed by atoms with Crippen LogP contribution in [0.3, 0.4) is 0 Å². The third-order valence-electron chi connectivity index (χ3n) is 3.35. The fourth-order valence-electron chi connectivity index (χ4n) is 2.34. The van der Waals surface area contributed by atoms with Gasteiger partial charge in [-0.25, -0.2) is 5.06 Å². The molecule has 5 nitrogen and oxygen atoms in total. The van der Waals surface area contributed by atoms with Crippen LogP contribution in [-0.4, -0.2) is 48.1 Å². The smallest absolute Gasteiger partial charge is 0.154 e. The molecule has 2 heterocycles. The van der Waals surface area contributed by atoms with E-state index in [9.17, 15) is 5.21 Å². The number of hydrogen-bond donors (Lipinski definition) is 2. The standard InChI is InChI=1S/C14H18N4O/c19-18-10-2-9-17-14(18)12-5-3-11(4-6-12)13-15-7-1-8-16-13/h3-6,19H,1-2,7-10H2,(H,15,16). The van der Waals surface area contributed by atoms with Crippen LogP contribution in [0.25, 0.3) is 0 Å². The van der Waals surface area contributed by atoms with E-state index in [4.69, 9.17) is 0 Å². The molecule has 19 heavy (non-hydrogen) atoms. The topological polar surface area (TPSA) is 60.2 Å². The monoisotopic (exact) mass is 258 g/mol. The molecule has 1 aromatic carbocycles. The summed E-state index contributed by atoms with van der Waals surface area (Å²) >= 11 is 0. The van der Waals surface area contributed by atoms with Crippen LogP contribution in [0, 0.1) is 0 Å². The lowest BCUT2D eigenvalue weighted by Gasteiger charge is -2.23. The van der Waals surface area contributed by atoms with Crippen molar-refractivity contribution >= 4 is 11.7 Å². The van der Waals surface area contributed by atoms with Gasteiger partial charge in [-0.2, -0.15) is 0 Å². The predicted molar refractivity (Wildman–Crippen MR) is 75.0 cm³/mol. The molecule has 0 radical (unpaired) electrons. The van der Waals surface area contributed by atoms with Crippen LogP contribution in [0.15, 0.2) is 34.3 Å². The molecule has 0 unspecified atom stereocenters. The molecule has 2 N–H and O–H groups in total. The summed E-state index contributed by atoms with van der Waals surface area (Å²) in [6.07, 6.45) is 2.00. The first-order chi connectivity index (χ1) is 9.34. The van der Waals surface area contributed by atoms with Gasteiger partial charge >= 0.3 is 0 Å². The maximum atomic E-state index is 9.81. The van der Waals surface area contributed by atoms with Gasteiger partial charge in [-0.3, -0.25) is 15.2 Å². The Labute approximate surface area is 112 Å². The normalized spacial score (nSPS) is 19.5. The Morgan fingerprint density at radius 3 is 2.42 bits per heavy atom. The van der Waals surface area contributed by atoms with Crippen LogP contribution in [0.5, 0.6) is 0 Å². The first kappa shape index (κ1) is 12.2. The van der Waals surface area contributed by atoms with E-state index in [1.54, 1.807) is 0 Å². The van der Waals surface area contributed by atoms with Gasteiger partial charge < -0.3 is 5.32 Å². The Hall–Kier alpha value is -1.88. The molecule has 0 atom stereocenters. The van der Waals surface area contributed by atoms with E-state index in [1.165, 1.54) is 5.06 Å². The minimum atomic E-state index is 0.648. The van der Waals surface area contributed by atoms with Crippen LogP contribution >= 0.6 is 0 Å². The van der Waals surface area contributed by atoms with E-state index in [2.05, 4.69) is 15.3 Å². The second kappa shape index (κ2) is 5.40. The Morgan fingerprint density at radius 1 is 1.00 bits per heavy atom. The minimum absolute atomic E-state index is 0.648. The lowest BCUT2D eigenvalue weighted by molar-refractivity contribution is -0.0184. The van der Waals surface area contributed by atoms with Crippen molar-refractivity contribution in [2.45, 2.75) is 12.8 Å². The summed E-state index contributed by atoms with van der Waals surface area (Å²) in [5.41, 5.74) is 2.03. The van der Waals surface area contributed by atoms with E-state index >= 15 is 0 Å². The van der Waals surface area contributed by atoms with E-state index < -0.39 is 0 Å². The Kier molecular flexibility index (Phi) is 3.46. The molecule has 0 aromatic heterocycles. The molecular formula is C14H18N4O. The van der Waals surface area contributed by atoms with Gasteiger partial charge in [0.05, 0.1) is 0 Å². The molecule has 5 heteroatoms. The van der Waals surface area contributed by atoms with Crippen molar-refractivity contribution < 1.29 is 5.21 Å². The summed E-state index contributed by atoms with van der Waals surface area (Å²) in [6, 6.07) is 8.03. The maximum absolute atomic E-state index is 9.81. The van der Waals surface area contributed by atoms with Crippen LogP contribution in [0.2, 0.25) is 0 Å². The Balaban J connectivity index is 1.82. The quantitative estimate of drug-likeness (QED) is 0.839. The number of benzene rings is 1. The predicted octanol–water partition coefficient (Wildman–Crippen LogP) is 1.27. The highest BCUT2D eigenvalue weighted by molar-refractivity contribution is 6.02. The van der Waals surface area contributed by atoms with Gasteiger partial charge in [-0.15, -0.1) is 0 Å². The van der Waals surface area contributed by atoms with Crippen molar-refractivity contribution in [3.8, 4) is 0 Å². The summed E-state index contributed by atoms with van der Waals surface area (Å²) < 4.78 is 0. The molecule has 0 amide bonds. The van der Waals surface area contributed by atoms with Gasteiger partial charge in [-0.05, 0) is 12.8 Å². The third kappa shape index (κ3) is 2.61. The molecule has 0 fully saturated rings. The van der Waals surface area contributed by atoms with Gasteiger partial charge in [-0.1, -0.05) is 24.3 Å². The highest BCUT2D eigenvalue weighted by Crippen LogP contribution is 2.12. The van der Waals surface area contributed by atoms with Crippen LogP contribution in [0.4, 0.5) is 0 Å². The fraction of sp³-hybridized carbons (Fsp3) is 0.429. The molecule has 0 bridgehead atoms. The summed E-state index contributed by atoms with van der Waals surface area (Å²) in [4.78, 5) is 8.84. The number of nitrogens with zero attached hydrogens (tertiary/aromatic N) is 3. The van der Waals surface area contributed by atoms with Gasteiger partial charge in [0.2, 0.25) is 0 Å². The van der Waals surface area contributed by atoms with Gasteiger partial charge in [0, 0.05) is 37.3 Å². The minimum Gasteiger partial charge on any atom is -0.370 e. The van der Waals surface area contributed by atoms with Gasteiger partial charge in [0.15, 0.2) is 5.84 Å². The molecule has 2 aliphatic heterocycles. The second-order valence-corrected chi connectivity index (χ2v) is 4.77. The fourth-order valence-corrected chi connectivity index (χ4v) is 2.34. The lowest BCUT2D eigenvalue weighted by Crippen LogP contribution is -2.33. The first-order valence-electron chi connectivity index (χ1n) is 6.74. The molecule has 0 spiro atoms. The highest BCUT2D eigenvalue weighted by Gasteiger charge is 2.15. The maximum Gasteiger partial charge on any atom is 0.154 e. The molecule has 3 rings (SSSR count). The van der Waals surface area contributed by atoms with Crippen molar-refractivity contribution in [2.75, 3.05) is 26.2 Å². The van der Waals surface area contributed by atoms with E-state index in [-0.39, 0.29) is 0 Å². The first-order valence-corrected chi connectivity index (χ1v) is 6.74. The average Bonchev–Trinajstić information content (AvgIpc) is 2.49. The average molecular weight is 258 g/mol. The van der Waals surface area contributed by atoms with E-state index in [1.807, 2.05) is 24.3 Å². The molecule has 100 valence electrons. The van der Waals surface area contributed by atoms with Crippen molar-refractivity contribution in [2.24, 2.45) is 9.98 Å². The van der Waals surface area contributed by atoms with Gasteiger partial charge in [0.25, 0.3) is 0 Å². The SMILES string of the molecule is ON1CCCN=C1c1ccc(C2=NCCCN2)cc1. The zero-order valence-corrected chi connectivity index (χ0v) is 10.8. The Morgan fingerprint density at radius 2 is 1.74 bits per heavy atom. The molecule has 1 aromatic rings. The largest absolute Gasteiger partial charge is 0.370 e. The zero-order valence-electron chi connectivity index (χ0n) is 10.8. The van der Waals surface area contributed by atoms with Gasteiger partial charge in [0.1, 0.15) is 5.84 Å². The van der Waals surface area contributed by atoms with Crippen molar-refractivity contribution in [3.05, 3.63) is 35.4 Å². The summed E-state index contributed by atoms with van der Waals surface area (Å²) in [6.45, 7) is 3.30. The van der Waals surface area contributed by atoms with E-state index in [0.29, 0.717) is 12.4 Å². The number of amidine groups is 2. The number of hydroxylamine groups is 2. The Bertz CT molecular complexity index is 507. The zero-order chi connectivity index (χ0) is 13.1. The van der Waals surface area contributed by atoms with Crippen LogP contribution in [0.1, 0.15) is 24.0 Å². The molecule has 2 aliphatic rings. The molecule has 0 aliphatic carbocycles. The highest BCUT2D eigenvalue weighted by atomic mass is 16.5. The summed E-state index contributed by atoms with van der Waals surface area (Å²) in [5, 5.41) is 14.3. The number of hydrogen-bond acceptors (Lipinski definition) is 5. The van der Waals surface area contributed by atoms with Crippen LogP contribution < -0.4 is 5.32 Å². The summed E-state index contributed by atoms with van der Waals surface area (Å²) in [7, 11) is 0. The number of rotatable bonds is 2. The summed E-state index contributed by atoms with van der Waals surface area (Å²) in [5.74, 6) is 1.63. The van der Waals surface area contributed by atoms with Crippen LogP contribution in [-0.2, 0) is 0 Å². The van der Waals surface area contributed by atoms with Crippen molar-refractivity contribution in [1.29, 1.82) is 0 Å². The molecular weight excluding hydrogens is 240 g/mol. The number of nitrogens with one attached hydrogen (secondary N) is 1. The van der Waals surface area contributed by atoms with E-state index in [0.717, 1.165) is 49.4 Å². The molecule has 0 saturated heterocycles.